The van der Waals surface area contributed by atoms with Crippen molar-refractivity contribution < 1.29 is 14.6 Å². The van der Waals surface area contributed by atoms with E-state index in [9.17, 15) is 9.90 Å². The van der Waals surface area contributed by atoms with Crippen molar-refractivity contribution in [3.63, 3.8) is 0 Å². The molecule has 2 heterocycles. The fraction of sp³-hybridized carbons (Fsp3) is 0.350. The minimum atomic E-state index is -2.80. The van der Waals surface area contributed by atoms with Gasteiger partial charge in [0.1, 0.15) is 6.61 Å². The molecule has 0 aliphatic heterocycles. The average molecular weight is 540 g/mol. The molecule has 2 aromatic heterocycles. The van der Waals surface area contributed by atoms with E-state index < -0.39 is 6.00 Å². The fourth-order valence-electron chi connectivity index (χ4n) is 2.80. The first-order valence-corrected chi connectivity index (χ1v) is 16.6. The van der Waals surface area contributed by atoms with Gasteiger partial charge in [0.05, 0.1) is 6.10 Å². The molecule has 2 atom stereocenters. The van der Waals surface area contributed by atoms with Gasteiger partial charge in [-0.1, -0.05) is 11.6 Å². The quantitative estimate of drug-likeness (QED) is 0.154. The van der Waals surface area contributed by atoms with Crippen LogP contribution in [0.15, 0.2) is 42.0 Å². The van der Waals surface area contributed by atoms with Gasteiger partial charge in [0, 0.05) is 36.8 Å². The van der Waals surface area contributed by atoms with Crippen molar-refractivity contribution in [1.29, 1.82) is 0 Å². The normalized spacial score (nSPS) is 19.2. The lowest BCUT2D eigenvalue weighted by molar-refractivity contribution is -0.144. The van der Waals surface area contributed by atoms with E-state index in [1.807, 2.05) is 25.1 Å². The Kier molecular flexibility index (Phi) is 8.60. The van der Waals surface area contributed by atoms with E-state index in [0.29, 0.717) is 5.92 Å². The van der Waals surface area contributed by atoms with Crippen LogP contribution in [0.5, 0.6) is 0 Å². The second kappa shape index (κ2) is 10.6. The zero-order valence-electron chi connectivity index (χ0n) is 16.1. The van der Waals surface area contributed by atoms with E-state index in [0.717, 1.165) is 30.8 Å². The van der Waals surface area contributed by atoms with Crippen LogP contribution in [0.2, 0.25) is 6.04 Å². The number of rotatable bonds is 9. The van der Waals surface area contributed by atoms with Gasteiger partial charge >= 0.3 is 12.0 Å². The monoisotopic (exact) mass is 538 g/mol. The fourth-order valence-corrected chi connectivity index (χ4v) is 6.36. The molecule has 30 heavy (non-hydrogen) atoms. The Morgan fingerprint density at radius 1 is 1.30 bits per heavy atom. The number of ether oxygens (including phenoxy) is 1. The minimum absolute atomic E-state index is 0.125. The summed E-state index contributed by atoms with van der Waals surface area (Å²) in [5.41, 5.74) is 1.27. The number of esters is 1. The second-order valence-electron chi connectivity index (χ2n) is 7.05. The third-order valence-electron chi connectivity index (χ3n) is 4.56. The summed E-state index contributed by atoms with van der Waals surface area (Å²) >= 11 is 25.2. The molecule has 162 valence electrons. The first kappa shape index (κ1) is 24.4. The molecule has 0 saturated heterocycles. The van der Waals surface area contributed by atoms with Gasteiger partial charge in [0.25, 0.3) is 0 Å². The molecule has 1 fully saturated rings. The van der Waals surface area contributed by atoms with Gasteiger partial charge < -0.3 is 9.84 Å². The van der Waals surface area contributed by atoms with Crippen LogP contribution in [0, 0.1) is 5.92 Å². The van der Waals surface area contributed by atoms with Crippen LogP contribution in [-0.2, 0) is 16.1 Å². The lowest BCUT2D eigenvalue weighted by Gasteiger charge is -2.07. The zero-order valence-corrected chi connectivity index (χ0v) is 21.9. The van der Waals surface area contributed by atoms with Crippen LogP contribution in [-0.4, -0.2) is 23.2 Å². The van der Waals surface area contributed by atoms with Crippen molar-refractivity contribution in [3.8, 4) is 9.75 Å². The third kappa shape index (κ3) is 7.41. The predicted molar refractivity (Wildman–Crippen MR) is 135 cm³/mol. The summed E-state index contributed by atoms with van der Waals surface area (Å²) in [4.78, 5) is 17.0. The molecule has 0 radical (unpaired) electrons. The first-order valence-electron chi connectivity index (χ1n) is 9.32. The molecule has 2 aromatic rings. The SMILES string of the molecule is CC(O)C1C/C1=C\C=C(/S)c1ccc(-c2ccc(COC(=O)CC[Si](Cl)(Cl)Cl)s2)s1. The largest absolute Gasteiger partial charge is 0.460 e. The average Bonchev–Trinajstić information content (AvgIpc) is 3.06. The summed E-state index contributed by atoms with van der Waals surface area (Å²) in [5.74, 6) is -0.0565. The summed E-state index contributed by atoms with van der Waals surface area (Å²) in [5, 5.41) is 9.58. The van der Waals surface area contributed by atoms with Gasteiger partial charge in [0.2, 0.25) is 0 Å². The molecule has 10 heteroatoms. The molecule has 2 unspecified atom stereocenters. The second-order valence-corrected chi connectivity index (χ2v) is 19.1. The third-order valence-corrected chi connectivity index (χ3v) is 9.99. The number of aliphatic hydroxyl groups is 1. The number of carbonyl (C=O) groups excluding carboxylic acids is 1. The highest BCUT2D eigenvalue weighted by Crippen LogP contribution is 2.41. The van der Waals surface area contributed by atoms with Crippen LogP contribution in [0.25, 0.3) is 14.7 Å². The molecule has 1 N–H and O–H groups in total. The van der Waals surface area contributed by atoms with Crippen molar-refractivity contribution >= 4 is 85.4 Å². The van der Waals surface area contributed by atoms with E-state index in [1.165, 1.54) is 5.57 Å². The van der Waals surface area contributed by atoms with Gasteiger partial charge in [0.15, 0.2) is 0 Å². The number of halogens is 3. The molecule has 0 spiro atoms. The number of allylic oxidation sites excluding steroid dienone is 2. The van der Waals surface area contributed by atoms with Crippen molar-refractivity contribution in [2.75, 3.05) is 0 Å². The number of carbonyl (C=O) groups is 1. The summed E-state index contributed by atoms with van der Waals surface area (Å²) in [6.07, 6.45) is 4.85. The van der Waals surface area contributed by atoms with Gasteiger partial charge in [-0.25, -0.2) is 0 Å². The van der Waals surface area contributed by atoms with E-state index in [-0.39, 0.29) is 31.1 Å². The summed E-state index contributed by atoms with van der Waals surface area (Å²) in [7, 11) is 0. The van der Waals surface area contributed by atoms with Crippen LogP contribution >= 0.6 is 68.5 Å². The Bertz CT molecular complexity index is 960. The number of hydrogen-bond donors (Lipinski definition) is 2. The topological polar surface area (TPSA) is 46.5 Å². The molecule has 1 aliphatic rings. The number of thiophene rings is 2. The standard InChI is InChI=1S/C20H21Cl3O3S3Si/c1-12(24)15-10-13(15)2-4-16(27)17-6-7-19(29-17)18-5-3-14(28-18)11-26-20(25)8-9-30(21,22)23/h2-7,12,15,24,27H,8-11H2,1H3/b13-2+,16-4-. The Balaban J connectivity index is 1.55. The molecule has 1 aliphatic carbocycles. The number of thiol groups is 1. The molecule has 0 amide bonds. The highest BCUT2D eigenvalue weighted by atomic mass is 35.8. The molecule has 3 rings (SSSR count). The predicted octanol–water partition coefficient (Wildman–Crippen LogP) is 7.16. The molecule has 3 nitrogen and oxygen atoms in total. The first-order chi connectivity index (χ1) is 14.1. The van der Waals surface area contributed by atoms with Gasteiger partial charge in [-0.15, -0.1) is 68.5 Å². The molecular weight excluding hydrogens is 519 g/mol. The number of hydrogen-bond acceptors (Lipinski definition) is 6. The van der Waals surface area contributed by atoms with Crippen molar-refractivity contribution in [1.82, 2.24) is 0 Å². The van der Waals surface area contributed by atoms with Gasteiger partial charge in [-0.05, 0) is 49.7 Å². The highest BCUT2D eigenvalue weighted by molar-refractivity contribution is 7.90. The van der Waals surface area contributed by atoms with E-state index in [2.05, 4.69) is 30.8 Å². The van der Waals surface area contributed by atoms with E-state index in [4.69, 9.17) is 38.0 Å². The maximum absolute atomic E-state index is 11.8. The highest BCUT2D eigenvalue weighted by Gasteiger charge is 2.33. The maximum Gasteiger partial charge on any atom is 0.341 e. The van der Waals surface area contributed by atoms with E-state index >= 15 is 0 Å². The Hall–Kier alpha value is -0.253. The van der Waals surface area contributed by atoms with Crippen molar-refractivity contribution in [2.45, 2.75) is 38.5 Å². The molecular formula is C20H21Cl3O3S3Si. The van der Waals surface area contributed by atoms with Crippen molar-refractivity contribution in [2.24, 2.45) is 5.92 Å². The summed E-state index contributed by atoms with van der Waals surface area (Å²) in [6, 6.07) is 5.57. The van der Waals surface area contributed by atoms with Gasteiger partial charge in [-0.2, -0.15) is 0 Å². The van der Waals surface area contributed by atoms with Crippen LogP contribution < -0.4 is 0 Å². The summed E-state index contributed by atoms with van der Waals surface area (Å²) < 4.78 is 5.28. The maximum atomic E-state index is 11.8. The van der Waals surface area contributed by atoms with E-state index in [1.54, 1.807) is 22.7 Å². The lowest BCUT2D eigenvalue weighted by Crippen LogP contribution is -2.13. The molecule has 1 saturated carbocycles. The van der Waals surface area contributed by atoms with Gasteiger partial charge in [-0.3, -0.25) is 4.79 Å². The smallest absolute Gasteiger partial charge is 0.341 e. The molecule has 0 bridgehead atoms. The Morgan fingerprint density at radius 3 is 2.67 bits per heavy atom. The number of aliphatic hydroxyl groups excluding tert-OH is 1. The van der Waals surface area contributed by atoms with Crippen molar-refractivity contribution in [3.05, 3.63) is 51.7 Å². The Labute approximate surface area is 204 Å². The summed E-state index contributed by atoms with van der Waals surface area (Å²) in [6.45, 7) is 2.04. The minimum Gasteiger partial charge on any atom is -0.460 e. The zero-order chi connectivity index (χ0) is 21.9. The van der Waals surface area contributed by atoms with Crippen LogP contribution in [0.3, 0.4) is 0 Å². The molecule has 0 aromatic carbocycles. The Morgan fingerprint density at radius 2 is 2.00 bits per heavy atom. The lowest BCUT2D eigenvalue weighted by atomic mass is 10.2. The van der Waals surface area contributed by atoms with Crippen LogP contribution in [0.1, 0.15) is 29.5 Å². The van der Waals surface area contributed by atoms with Crippen LogP contribution in [0.4, 0.5) is 0 Å².